The zero-order valence-electron chi connectivity index (χ0n) is 5.71. The van der Waals surface area contributed by atoms with Crippen molar-refractivity contribution >= 4 is 0 Å². The maximum absolute atomic E-state index is 9.29. The van der Waals surface area contributed by atoms with Gasteiger partial charge in [0.2, 0.25) is 0 Å². The highest BCUT2D eigenvalue weighted by Crippen LogP contribution is 2.30. The maximum atomic E-state index is 9.29. The van der Waals surface area contributed by atoms with Gasteiger partial charge in [0.25, 0.3) is 0 Å². The van der Waals surface area contributed by atoms with Gasteiger partial charge >= 0.3 is 0 Å². The third-order valence-corrected chi connectivity index (χ3v) is 2.16. The summed E-state index contributed by atoms with van der Waals surface area (Å²) in [5.74, 6) is 0.577. The van der Waals surface area contributed by atoms with Crippen molar-refractivity contribution in [1.29, 1.82) is 0 Å². The van der Waals surface area contributed by atoms with Gasteiger partial charge in [0.05, 0.1) is 6.10 Å². The monoisotopic (exact) mass is 129 g/mol. The lowest BCUT2D eigenvalue weighted by molar-refractivity contribution is 0.0577. The standard InChI is InChI=1S/C7H15NO/c8-5-4-7(9)6-2-1-3-6/h6-7,9H,1-5,8H2/t7-/m1/s1. The minimum absolute atomic E-state index is 0.108. The number of rotatable bonds is 3. The SMILES string of the molecule is NCC[C@@H](O)C1CCC1. The highest BCUT2D eigenvalue weighted by Gasteiger charge is 2.24. The van der Waals surface area contributed by atoms with Gasteiger partial charge < -0.3 is 10.8 Å². The Hall–Kier alpha value is -0.0800. The van der Waals surface area contributed by atoms with Crippen LogP contribution in [-0.2, 0) is 0 Å². The van der Waals surface area contributed by atoms with Gasteiger partial charge in [-0.2, -0.15) is 0 Å². The first-order valence-corrected chi connectivity index (χ1v) is 3.72. The molecule has 0 heterocycles. The molecule has 0 radical (unpaired) electrons. The molecule has 0 bridgehead atoms. The molecule has 54 valence electrons. The maximum Gasteiger partial charge on any atom is 0.0580 e. The van der Waals surface area contributed by atoms with Gasteiger partial charge in [-0.1, -0.05) is 6.42 Å². The van der Waals surface area contributed by atoms with E-state index in [2.05, 4.69) is 0 Å². The highest BCUT2D eigenvalue weighted by atomic mass is 16.3. The van der Waals surface area contributed by atoms with Crippen LogP contribution < -0.4 is 5.73 Å². The molecular formula is C7H15NO. The average molecular weight is 129 g/mol. The van der Waals surface area contributed by atoms with Crippen molar-refractivity contribution in [2.24, 2.45) is 11.7 Å². The van der Waals surface area contributed by atoms with Crippen molar-refractivity contribution in [3.63, 3.8) is 0 Å². The van der Waals surface area contributed by atoms with Crippen LogP contribution in [0, 0.1) is 5.92 Å². The number of nitrogens with two attached hydrogens (primary N) is 1. The molecule has 1 saturated carbocycles. The second kappa shape index (κ2) is 3.18. The fraction of sp³-hybridized carbons (Fsp3) is 1.00. The molecule has 0 aliphatic heterocycles. The van der Waals surface area contributed by atoms with Crippen molar-refractivity contribution in [2.75, 3.05) is 6.54 Å². The van der Waals surface area contributed by atoms with E-state index in [1.807, 2.05) is 0 Å². The summed E-state index contributed by atoms with van der Waals surface area (Å²) >= 11 is 0. The van der Waals surface area contributed by atoms with Crippen LogP contribution in [0.25, 0.3) is 0 Å². The Balaban J connectivity index is 2.08. The van der Waals surface area contributed by atoms with Crippen LogP contribution in [0.1, 0.15) is 25.7 Å². The Morgan fingerprint density at radius 1 is 1.56 bits per heavy atom. The quantitative estimate of drug-likeness (QED) is 0.582. The van der Waals surface area contributed by atoms with Gasteiger partial charge in [-0.3, -0.25) is 0 Å². The van der Waals surface area contributed by atoms with Gasteiger partial charge in [-0.15, -0.1) is 0 Å². The van der Waals surface area contributed by atoms with E-state index in [-0.39, 0.29) is 6.10 Å². The number of aliphatic hydroxyl groups excluding tert-OH is 1. The third kappa shape index (κ3) is 1.66. The Bertz CT molecular complexity index is 81.0. The average Bonchev–Trinajstić information content (AvgIpc) is 1.60. The van der Waals surface area contributed by atoms with E-state index in [9.17, 15) is 5.11 Å². The lowest BCUT2D eigenvalue weighted by Gasteiger charge is -2.29. The number of hydrogen-bond donors (Lipinski definition) is 2. The predicted octanol–water partition coefficient (Wildman–Crippen LogP) is 0.496. The normalized spacial score (nSPS) is 23.3. The first kappa shape index (κ1) is 7.03. The summed E-state index contributed by atoms with van der Waals surface area (Å²) in [5.41, 5.74) is 5.29. The molecule has 9 heavy (non-hydrogen) atoms. The van der Waals surface area contributed by atoms with Crippen molar-refractivity contribution < 1.29 is 5.11 Å². The zero-order chi connectivity index (χ0) is 6.69. The summed E-state index contributed by atoms with van der Waals surface area (Å²) < 4.78 is 0. The van der Waals surface area contributed by atoms with Crippen LogP contribution in [-0.4, -0.2) is 17.8 Å². The zero-order valence-corrected chi connectivity index (χ0v) is 5.71. The molecule has 0 unspecified atom stereocenters. The summed E-state index contributed by atoms with van der Waals surface area (Å²) in [5, 5.41) is 9.29. The van der Waals surface area contributed by atoms with E-state index in [0.717, 1.165) is 6.42 Å². The topological polar surface area (TPSA) is 46.2 Å². The molecule has 2 heteroatoms. The van der Waals surface area contributed by atoms with E-state index >= 15 is 0 Å². The van der Waals surface area contributed by atoms with Crippen molar-refractivity contribution in [1.82, 2.24) is 0 Å². The van der Waals surface area contributed by atoms with Crippen LogP contribution in [0.2, 0.25) is 0 Å². The Morgan fingerprint density at radius 3 is 2.56 bits per heavy atom. The number of aliphatic hydroxyl groups is 1. The van der Waals surface area contributed by atoms with Crippen LogP contribution in [0.3, 0.4) is 0 Å². The molecule has 0 spiro atoms. The second-order valence-electron chi connectivity index (χ2n) is 2.84. The first-order valence-electron chi connectivity index (χ1n) is 3.72. The number of hydrogen-bond acceptors (Lipinski definition) is 2. The predicted molar refractivity (Wildman–Crippen MR) is 37.0 cm³/mol. The lowest BCUT2D eigenvalue weighted by atomic mass is 9.80. The molecular weight excluding hydrogens is 114 g/mol. The Kier molecular flexibility index (Phi) is 2.49. The molecule has 3 N–H and O–H groups in total. The minimum Gasteiger partial charge on any atom is -0.393 e. The second-order valence-corrected chi connectivity index (χ2v) is 2.84. The molecule has 0 saturated heterocycles. The molecule has 1 aliphatic rings. The molecule has 0 amide bonds. The highest BCUT2D eigenvalue weighted by molar-refractivity contribution is 4.76. The van der Waals surface area contributed by atoms with Gasteiger partial charge in [0, 0.05) is 0 Å². The largest absolute Gasteiger partial charge is 0.393 e. The van der Waals surface area contributed by atoms with Gasteiger partial charge in [0.15, 0.2) is 0 Å². The summed E-state index contributed by atoms with van der Waals surface area (Å²) in [6.45, 7) is 0.623. The third-order valence-electron chi connectivity index (χ3n) is 2.16. The fourth-order valence-electron chi connectivity index (χ4n) is 1.23. The van der Waals surface area contributed by atoms with Crippen molar-refractivity contribution in [3.05, 3.63) is 0 Å². The van der Waals surface area contributed by atoms with Crippen LogP contribution in [0.15, 0.2) is 0 Å². The molecule has 1 aliphatic carbocycles. The Labute approximate surface area is 56.1 Å². The Morgan fingerprint density at radius 2 is 2.22 bits per heavy atom. The first-order chi connectivity index (χ1) is 4.34. The van der Waals surface area contributed by atoms with Gasteiger partial charge in [0.1, 0.15) is 0 Å². The van der Waals surface area contributed by atoms with Crippen LogP contribution in [0.4, 0.5) is 0 Å². The fourth-order valence-corrected chi connectivity index (χ4v) is 1.23. The molecule has 0 aromatic rings. The van der Waals surface area contributed by atoms with Gasteiger partial charge in [-0.25, -0.2) is 0 Å². The van der Waals surface area contributed by atoms with Crippen LogP contribution >= 0.6 is 0 Å². The van der Waals surface area contributed by atoms with E-state index in [1.165, 1.54) is 19.3 Å². The van der Waals surface area contributed by atoms with E-state index in [4.69, 9.17) is 5.73 Å². The summed E-state index contributed by atoms with van der Waals surface area (Å²) in [6.07, 6.45) is 4.39. The lowest BCUT2D eigenvalue weighted by Crippen LogP contribution is -2.28. The van der Waals surface area contributed by atoms with Crippen LogP contribution in [0.5, 0.6) is 0 Å². The smallest absolute Gasteiger partial charge is 0.0580 e. The molecule has 1 atom stereocenters. The van der Waals surface area contributed by atoms with Gasteiger partial charge in [-0.05, 0) is 31.7 Å². The molecule has 2 nitrogen and oxygen atoms in total. The van der Waals surface area contributed by atoms with E-state index < -0.39 is 0 Å². The summed E-state index contributed by atoms with van der Waals surface area (Å²) in [7, 11) is 0. The summed E-state index contributed by atoms with van der Waals surface area (Å²) in [4.78, 5) is 0. The minimum atomic E-state index is -0.108. The molecule has 1 rings (SSSR count). The summed E-state index contributed by atoms with van der Waals surface area (Å²) in [6, 6.07) is 0. The molecule has 0 aromatic heterocycles. The molecule has 0 aromatic carbocycles. The van der Waals surface area contributed by atoms with Crippen molar-refractivity contribution in [3.8, 4) is 0 Å². The van der Waals surface area contributed by atoms with E-state index in [0.29, 0.717) is 12.5 Å². The molecule has 1 fully saturated rings. The van der Waals surface area contributed by atoms with Crippen molar-refractivity contribution in [2.45, 2.75) is 31.8 Å². The van der Waals surface area contributed by atoms with E-state index in [1.54, 1.807) is 0 Å².